The Hall–Kier alpha value is -2.00. The average Bonchev–Trinajstić information content (AvgIpc) is 3.89. The molecular weight excluding hydrogens is 761 g/mol. The second-order valence-corrected chi connectivity index (χ2v) is 21.1. The van der Waals surface area contributed by atoms with E-state index in [1.54, 1.807) is 23.5 Å². The first-order chi connectivity index (χ1) is 26.6. The number of hydrogen-bond acceptors (Lipinski definition) is 11. The lowest BCUT2D eigenvalue weighted by atomic mass is 9.93. The highest BCUT2D eigenvalue weighted by molar-refractivity contribution is 8.00. The highest BCUT2D eigenvalue weighted by Gasteiger charge is 2.50. The Bertz CT molecular complexity index is 1410. The van der Waals surface area contributed by atoms with Crippen molar-refractivity contribution in [3.8, 4) is 0 Å². The van der Waals surface area contributed by atoms with E-state index in [0.717, 1.165) is 43.6 Å². The predicted molar refractivity (Wildman–Crippen MR) is 233 cm³/mol. The molecule has 5 fully saturated rings. The summed E-state index contributed by atoms with van der Waals surface area (Å²) in [5.41, 5.74) is 0. The van der Waals surface area contributed by atoms with Gasteiger partial charge in [0, 0.05) is 60.4 Å². The van der Waals surface area contributed by atoms with Gasteiger partial charge in [0.25, 0.3) is 0 Å². The molecule has 3 amide bonds. The zero-order valence-corrected chi connectivity index (χ0v) is 39.1. The Morgan fingerprint density at radius 1 is 0.579 bits per heavy atom. The Morgan fingerprint density at radius 2 is 1.02 bits per heavy atom. The molecule has 8 atom stereocenters. The molecule has 12 nitrogen and oxygen atoms in total. The largest absolute Gasteiger partial charge is 0.331 e. The Balaban J connectivity index is 0.000000229. The number of amides is 3. The lowest BCUT2D eigenvalue weighted by molar-refractivity contribution is -0.144. The van der Waals surface area contributed by atoms with Gasteiger partial charge in [-0.15, -0.1) is 23.5 Å². The van der Waals surface area contributed by atoms with Crippen LogP contribution in [-0.4, -0.2) is 133 Å². The average molecular weight is 837 g/mol. The number of Topliss-reactive ketones (excluding diaryl/α,β-unsaturated/α-hetero) is 3. The van der Waals surface area contributed by atoms with Gasteiger partial charge in [-0.05, 0) is 31.6 Å². The molecule has 5 rings (SSSR count). The standard InChI is InChI=1S/C16H30N2O2.C14H24N2O2S.C13H22N2O2S/c1-10(2)9-14(15(19)11(3)4)18-8-7-13(16(18)20)17-12(5)6;1-8(2)13(17)11-7-19-12-6-5-10(15-9(3)4)14(18)16(11)12;1-7(2)12(16)10-6-18-11-5-9(14-8(3)4)13(17)15(10)11/h10-14,17H,7-9H2,1-6H3;8-12,15H,5-7H2,1-4H3;7-11,14H,5-6H2,1-4H3/t13-,14+;10-,11-,12-;9-,10-,11?/m111/s1. The minimum Gasteiger partial charge on any atom is -0.331 e. The third-order valence-corrected chi connectivity index (χ3v) is 13.7. The van der Waals surface area contributed by atoms with Gasteiger partial charge >= 0.3 is 0 Å². The maximum atomic E-state index is 12.6. The van der Waals surface area contributed by atoms with E-state index in [1.165, 1.54) is 0 Å². The van der Waals surface area contributed by atoms with Crippen molar-refractivity contribution in [3.05, 3.63) is 0 Å². The first-order valence-corrected chi connectivity index (χ1v) is 23.7. The maximum Gasteiger partial charge on any atom is 0.241 e. The molecule has 3 N–H and O–H groups in total. The van der Waals surface area contributed by atoms with Gasteiger partial charge < -0.3 is 30.7 Å². The lowest BCUT2D eigenvalue weighted by Gasteiger charge is -2.38. The zero-order valence-electron chi connectivity index (χ0n) is 37.4. The highest BCUT2D eigenvalue weighted by atomic mass is 32.2. The van der Waals surface area contributed by atoms with E-state index in [1.807, 2.05) is 83.9 Å². The summed E-state index contributed by atoms with van der Waals surface area (Å²) in [4.78, 5) is 79.7. The Labute approximate surface area is 352 Å². The number of nitrogens with zero attached hydrogens (tertiary/aromatic N) is 3. The number of likely N-dealkylation sites (tertiary alicyclic amines) is 1. The van der Waals surface area contributed by atoms with Gasteiger partial charge in [-0.2, -0.15) is 0 Å². The SMILES string of the molecule is CC(C)C[C@@H](C(=O)C(C)C)N1CC[C@@H](NC(C)C)C1=O.CC(C)N[C@@H]1CC2SC[C@H](C(=O)C(C)C)N2C1=O.CC(C)N[C@@H]1CC[C@H]2SC[C@H](C(=O)C(C)C)N2C1=O. The molecule has 57 heavy (non-hydrogen) atoms. The number of carbonyl (C=O) groups excluding carboxylic acids is 6. The van der Waals surface area contributed by atoms with Crippen LogP contribution in [0.25, 0.3) is 0 Å². The van der Waals surface area contributed by atoms with Crippen molar-refractivity contribution in [2.75, 3.05) is 18.1 Å². The van der Waals surface area contributed by atoms with Gasteiger partial charge in [0.05, 0.1) is 34.9 Å². The second-order valence-electron chi connectivity index (χ2n) is 18.7. The minimum absolute atomic E-state index is 0.000687. The molecule has 0 aromatic rings. The van der Waals surface area contributed by atoms with Crippen molar-refractivity contribution in [1.29, 1.82) is 0 Å². The number of carbonyl (C=O) groups is 6. The number of ketones is 3. The summed E-state index contributed by atoms with van der Waals surface area (Å²) < 4.78 is 0. The molecular formula is C43H76N6O6S2. The number of nitrogens with one attached hydrogen (secondary N) is 3. The van der Waals surface area contributed by atoms with Crippen molar-refractivity contribution in [2.24, 2.45) is 23.7 Å². The van der Waals surface area contributed by atoms with Crippen LogP contribution in [0.15, 0.2) is 0 Å². The van der Waals surface area contributed by atoms with Gasteiger partial charge in [-0.3, -0.25) is 28.8 Å². The second kappa shape index (κ2) is 22.0. The van der Waals surface area contributed by atoms with E-state index < -0.39 is 0 Å². The fourth-order valence-corrected chi connectivity index (χ4v) is 11.2. The Kier molecular flexibility index (Phi) is 19.1. The molecule has 5 aliphatic heterocycles. The van der Waals surface area contributed by atoms with Crippen LogP contribution in [0, 0.1) is 23.7 Å². The van der Waals surface area contributed by atoms with Crippen LogP contribution in [0.4, 0.5) is 0 Å². The van der Waals surface area contributed by atoms with Gasteiger partial charge in [0.2, 0.25) is 17.7 Å². The molecule has 14 heteroatoms. The number of hydrogen-bond donors (Lipinski definition) is 3. The molecule has 0 aromatic carbocycles. The molecule has 0 aliphatic carbocycles. The van der Waals surface area contributed by atoms with Gasteiger partial charge in [0.1, 0.15) is 12.1 Å². The normalized spacial score (nSPS) is 27.8. The smallest absolute Gasteiger partial charge is 0.241 e. The summed E-state index contributed by atoms with van der Waals surface area (Å²) in [7, 11) is 0. The van der Waals surface area contributed by atoms with Crippen molar-refractivity contribution < 1.29 is 28.8 Å². The van der Waals surface area contributed by atoms with Crippen LogP contribution in [0.3, 0.4) is 0 Å². The van der Waals surface area contributed by atoms with Crippen LogP contribution < -0.4 is 16.0 Å². The molecule has 0 radical (unpaired) electrons. The van der Waals surface area contributed by atoms with E-state index in [0.29, 0.717) is 24.5 Å². The van der Waals surface area contributed by atoms with Gasteiger partial charge in [-0.1, -0.05) is 96.9 Å². The van der Waals surface area contributed by atoms with Crippen molar-refractivity contribution >= 4 is 58.6 Å². The lowest BCUT2D eigenvalue weighted by Crippen LogP contribution is -2.58. The molecule has 1 unspecified atom stereocenters. The van der Waals surface area contributed by atoms with E-state index in [9.17, 15) is 28.8 Å². The quantitative estimate of drug-likeness (QED) is 0.202. The fourth-order valence-electron chi connectivity index (χ4n) is 8.32. The number of thioether (sulfide) groups is 2. The summed E-state index contributed by atoms with van der Waals surface area (Å²) in [6, 6.07) is -0.129. The predicted octanol–water partition coefficient (Wildman–Crippen LogP) is 5.12. The number of piperidine rings is 1. The van der Waals surface area contributed by atoms with Gasteiger partial charge in [0.15, 0.2) is 17.3 Å². The minimum atomic E-state index is -0.249. The van der Waals surface area contributed by atoms with Crippen molar-refractivity contribution in [2.45, 2.75) is 194 Å². The zero-order chi connectivity index (χ0) is 43.0. The van der Waals surface area contributed by atoms with Crippen molar-refractivity contribution in [3.63, 3.8) is 0 Å². The summed E-state index contributed by atoms with van der Waals surface area (Å²) in [5.74, 6) is 2.83. The summed E-state index contributed by atoms with van der Waals surface area (Å²) in [6.07, 6.45) is 4.26. The maximum absolute atomic E-state index is 12.6. The Morgan fingerprint density at radius 3 is 1.47 bits per heavy atom. The first-order valence-electron chi connectivity index (χ1n) is 21.6. The number of rotatable bonds is 15. The summed E-state index contributed by atoms with van der Waals surface area (Å²) in [5, 5.41) is 10.3. The van der Waals surface area contributed by atoms with Crippen LogP contribution in [-0.2, 0) is 28.8 Å². The summed E-state index contributed by atoms with van der Waals surface area (Å²) >= 11 is 3.51. The van der Waals surface area contributed by atoms with Crippen LogP contribution in [0.2, 0.25) is 0 Å². The topological polar surface area (TPSA) is 148 Å². The molecule has 5 aliphatic rings. The van der Waals surface area contributed by atoms with Gasteiger partial charge in [-0.25, -0.2) is 0 Å². The van der Waals surface area contributed by atoms with Crippen molar-refractivity contribution in [1.82, 2.24) is 30.7 Å². The van der Waals surface area contributed by atoms with Crippen LogP contribution in [0.1, 0.15) is 129 Å². The third kappa shape index (κ3) is 13.0. The van der Waals surface area contributed by atoms with E-state index in [-0.39, 0.29) is 106 Å². The summed E-state index contributed by atoms with van der Waals surface area (Å²) in [6.45, 7) is 28.6. The molecule has 0 bridgehead atoms. The fraction of sp³-hybridized carbons (Fsp3) is 0.860. The van der Waals surface area contributed by atoms with Crippen LogP contribution >= 0.6 is 23.5 Å². The highest BCUT2D eigenvalue weighted by Crippen LogP contribution is 2.39. The van der Waals surface area contributed by atoms with E-state index in [4.69, 9.17) is 0 Å². The molecule has 5 saturated heterocycles. The first kappa shape index (κ1) is 49.4. The monoisotopic (exact) mass is 837 g/mol. The number of fused-ring (bicyclic) bond motifs is 2. The molecule has 0 saturated carbocycles. The van der Waals surface area contributed by atoms with E-state index >= 15 is 0 Å². The molecule has 0 aromatic heterocycles. The molecule has 5 heterocycles. The molecule has 0 spiro atoms. The third-order valence-electron chi connectivity index (χ3n) is 11.0. The van der Waals surface area contributed by atoms with Crippen LogP contribution in [0.5, 0.6) is 0 Å². The van der Waals surface area contributed by atoms with E-state index in [2.05, 4.69) is 43.6 Å². The molecule has 326 valence electrons.